The van der Waals surface area contributed by atoms with Crippen molar-refractivity contribution in [3.63, 3.8) is 0 Å². The number of thiophene rings is 1. The highest BCUT2D eigenvalue weighted by molar-refractivity contribution is 7.10. The molecule has 0 saturated carbocycles. The second-order valence-corrected chi connectivity index (χ2v) is 6.71. The van der Waals surface area contributed by atoms with Gasteiger partial charge in [-0.25, -0.2) is 4.79 Å². The molecule has 2 atom stereocenters. The SMILES string of the molecule is CCC(NC(=O)C(C)c1cccs1)(C(=O)O)c1ccc(Cl)cc1. The molecule has 1 amide bonds. The third-order valence-corrected chi connectivity index (χ3v) is 5.24. The summed E-state index contributed by atoms with van der Waals surface area (Å²) in [6.45, 7) is 3.50. The molecule has 0 aliphatic rings. The standard InChI is InChI=1S/C17H18ClNO3S/c1-3-17(16(21)22,12-6-8-13(18)9-7-12)19-15(20)11(2)14-5-4-10-23-14/h4-11H,3H2,1-2H3,(H,19,20)(H,21,22). The molecule has 1 aromatic carbocycles. The fraction of sp³-hybridized carbons (Fsp3) is 0.294. The Morgan fingerprint density at radius 2 is 1.96 bits per heavy atom. The molecular formula is C17H18ClNO3S. The number of halogens is 1. The van der Waals surface area contributed by atoms with Crippen LogP contribution in [-0.4, -0.2) is 17.0 Å². The minimum Gasteiger partial charge on any atom is -0.479 e. The molecule has 0 bridgehead atoms. The number of benzene rings is 1. The molecule has 4 nitrogen and oxygen atoms in total. The van der Waals surface area contributed by atoms with Gasteiger partial charge in [0.25, 0.3) is 0 Å². The molecule has 0 spiro atoms. The van der Waals surface area contributed by atoms with Gasteiger partial charge in [0.2, 0.25) is 5.91 Å². The van der Waals surface area contributed by atoms with E-state index in [4.69, 9.17) is 11.6 Å². The van der Waals surface area contributed by atoms with E-state index in [1.807, 2.05) is 17.5 Å². The number of carboxylic acids is 1. The highest BCUT2D eigenvalue weighted by atomic mass is 35.5. The van der Waals surface area contributed by atoms with Gasteiger partial charge in [-0.1, -0.05) is 36.7 Å². The lowest BCUT2D eigenvalue weighted by atomic mass is 9.86. The number of hydrogen-bond acceptors (Lipinski definition) is 3. The fourth-order valence-electron chi connectivity index (χ4n) is 2.41. The Kier molecular flexibility index (Phi) is 5.44. The van der Waals surface area contributed by atoms with Crippen molar-refractivity contribution >= 4 is 34.8 Å². The molecular weight excluding hydrogens is 334 g/mol. The summed E-state index contributed by atoms with van der Waals surface area (Å²) in [5.74, 6) is -1.81. The van der Waals surface area contributed by atoms with Crippen LogP contribution in [0.25, 0.3) is 0 Å². The Bertz CT molecular complexity index is 684. The highest BCUT2D eigenvalue weighted by Gasteiger charge is 2.41. The van der Waals surface area contributed by atoms with Crippen LogP contribution in [-0.2, 0) is 15.1 Å². The number of nitrogens with one attached hydrogen (secondary N) is 1. The summed E-state index contributed by atoms with van der Waals surface area (Å²) in [5.41, 5.74) is -0.962. The van der Waals surface area contributed by atoms with E-state index in [0.29, 0.717) is 10.6 Å². The normalized spacial score (nSPS) is 14.7. The Morgan fingerprint density at radius 3 is 2.43 bits per heavy atom. The molecule has 2 N–H and O–H groups in total. The van der Waals surface area contributed by atoms with Crippen LogP contribution in [0.5, 0.6) is 0 Å². The molecule has 122 valence electrons. The number of carbonyl (C=O) groups is 2. The number of aliphatic carboxylic acids is 1. The topological polar surface area (TPSA) is 66.4 Å². The molecule has 0 fully saturated rings. The van der Waals surface area contributed by atoms with E-state index < -0.39 is 17.4 Å². The summed E-state index contributed by atoms with van der Waals surface area (Å²) in [5, 5.41) is 14.9. The summed E-state index contributed by atoms with van der Waals surface area (Å²) in [7, 11) is 0. The van der Waals surface area contributed by atoms with Crippen LogP contribution in [0.1, 0.15) is 36.6 Å². The second kappa shape index (κ2) is 7.15. The van der Waals surface area contributed by atoms with Crippen LogP contribution >= 0.6 is 22.9 Å². The fourth-order valence-corrected chi connectivity index (χ4v) is 3.32. The van der Waals surface area contributed by atoms with Gasteiger partial charge in [-0.15, -0.1) is 11.3 Å². The molecule has 2 unspecified atom stereocenters. The van der Waals surface area contributed by atoms with Gasteiger partial charge in [0.15, 0.2) is 5.54 Å². The Labute approximate surface area is 144 Å². The number of rotatable bonds is 6. The van der Waals surface area contributed by atoms with Gasteiger partial charge in [-0.05, 0) is 42.5 Å². The quantitative estimate of drug-likeness (QED) is 0.826. The summed E-state index contributed by atoms with van der Waals surface area (Å²) in [4.78, 5) is 25.4. The van der Waals surface area contributed by atoms with Gasteiger partial charge in [-0.2, -0.15) is 0 Å². The van der Waals surface area contributed by atoms with Crippen LogP contribution in [0.15, 0.2) is 41.8 Å². The molecule has 0 aliphatic carbocycles. The molecule has 2 aromatic rings. The van der Waals surface area contributed by atoms with Gasteiger partial charge in [0.1, 0.15) is 0 Å². The number of amides is 1. The van der Waals surface area contributed by atoms with Gasteiger partial charge in [0, 0.05) is 9.90 Å². The van der Waals surface area contributed by atoms with Crippen molar-refractivity contribution in [2.45, 2.75) is 31.7 Å². The first kappa shape index (κ1) is 17.5. The minimum atomic E-state index is -1.47. The summed E-state index contributed by atoms with van der Waals surface area (Å²) >= 11 is 7.35. The average molecular weight is 352 g/mol. The molecule has 1 aromatic heterocycles. The largest absolute Gasteiger partial charge is 0.479 e. The van der Waals surface area contributed by atoms with Crippen molar-refractivity contribution in [1.82, 2.24) is 5.32 Å². The highest BCUT2D eigenvalue weighted by Crippen LogP contribution is 2.29. The number of hydrogen-bond donors (Lipinski definition) is 2. The Hall–Kier alpha value is -1.85. The zero-order valence-electron chi connectivity index (χ0n) is 12.9. The molecule has 1 heterocycles. The lowest BCUT2D eigenvalue weighted by Gasteiger charge is -2.31. The smallest absolute Gasteiger partial charge is 0.334 e. The van der Waals surface area contributed by atoms with Crippen molar-refractivity contribution in [3.05, 3.63) is 57.2 Å². The van der Waals surface area contributed by atoms with Crippen LogP contribution in [0.2, 0.25) is 5.02 Å². The van der Waals surface area contributed by atoms with Crippen molar-refractivity contribution in [1.29, 1.82) is 0 Å². The van der Waals surface area contributed by atoms with Crippen LogP contribution < -0.4 is 5.32 Å². The van der Waals surface area contributed by atoms with E-state index in [-0.39, 0.29) is 12.3 Å². The maximum absolute atomic E-state index is 12.6. The van der Waals surface area contributed by atoms with Crippen molar-refractivity contribution in [2.24, 2.45) is 0 Å². The van der Waals surface area contributed by atoms with Crippen molar-refractivity contribution in [2.75, 3.05) is 0 Å². The molecule has 6 heteroatoms. The molecule has 0 saturated heterocycles. The summed E-state index contributed by atoms with van der Waals surface area (Å²) in [6.07, 6.45) is 0.229. The van der Waals surface area contributed by atoms with Crippen LogP contribution in [0, 0.1) is 0 Å². The predicted molar refractivity (Wildman–Crippen MR) is 91.9 cm³/mol. The van der Waals surface area contributed by atoms with Crippen LogP contribution in [0.4, 0.5) is 0 Å². The maximum atomic E-state index is 12.6. The number of carbonyl (C=O) groups excluding carboxylic acids is 1. The van der Waals surface area contributed by atoms with Gasteiger partial charge >= 0.3 is 5.97 Å². The third-order valence-electron chi connectivity index (χ3n) is 3.93. The van der Waals surface area contributed by atoms with E-state index in [1.165, 1.54) is 11.3 Å². The van der Waals surface area contributed by atoms with E-state index >= 15 is 0 Å². The summed E-state index contributed by atoms with van der Waals surface area (Å²) < 4.78 is 0. The van der Waals surface area contributed by atoms with Gasteiger partial charge in [0.05, 0.1) is 5.92 Å². The van der Waals surface area contributed by atoms with E-state index in [0.717, 1.165) is 4.88 Å². The minimum absolute atomic E-state index is 0.229. The zero-order chi connectivity index (χ0) is 17.0. The van der Waals surface area contributed by atoms with E-state index in [1.54, 1.807) is 38.1 Å². The van der Waals surface area contributed by atoms with Gasteiger partial charge in [-0.3, -0.25) is 4.79 Å². The molecule has 0 radical (unpaired) electrons. The van der Waals surface area contributed by atoms with E-state index in [9.17, 15) is 14.7 Å². The van der Waals surface area contributed by atoms with E-state index in [2.05, 4.69) is 5.32 Å². The Morgan fingerprint density at radius 1 is 1.30 bits per heavy atom. The third kappa shape index (κ3) is 3.57. The first-order valence-electron chi connectivity index (χ1n) is 7.25. The first-order chi connectivity index (χ1) is 10.9. The molecule has 23 heavy (non-hydrogen) atoms. The van der Waals surface area contributed by atoms with Crippen LogP contribution in [0.3, 0.4) is 0 Å². The lowest BCUT2D eigenvalue weighted by molar-refractivity contribution is -0.148. The molecule has 0 aliphatic heterocycles. The Balaban J connectivity index is 2.34. The van der Waals surface area contributed by atoms with Crippen molar-refractivity contribution in [3.8, 4) is 0 Å². The zero-order valence-corrected chi connectivity index (χ0v) is 14.4. The number of carboxylic acid groups (broad SMARTS) is 1. The lowest BCUT2D eigenvalue weighted by Crippen LogP contribution is -2.52. The summed E-state index contributed by atoms with van der Waals surface area (Å²) in [6, 6.07) is 10.3. The van der Waals surface area contributed by atoms with Gasteiger partial charge < -0.3 is 10.4 Å². The predicted octanol–water partition coefficient (Wildman–Crippen LogP) is 4.01. The molecule has 2 rings (SSSR count). The maximum Gasteiger partial charge on any atom is 0.334 e. The first-order valence-corrected chi connectivity index (χ1v) is 8.51. The van der Waals surface area contributed by atoms with Crippen molar-refractivity contribution < 1.29 is 14.7 Å². The average Bonchev–Trinajstić information content (AvgIpc) is 3.06. The monoisotopic (exact) mass is 351 g/mol. The second-order valence-electron chi connectivity index (χ2n) is 5.30.